The zero-order valence-corrected chi connectivity index (χ0v) is 11.1. The van der Waals surface area contributed by atoms with E-state index in [1.54, 1.807) is 25.1 Å². The molecular formula is C12H15NO4S. The number of thioether (sulfide) groups is 1. The third kappa shape index (κ3) is 3.96. The smallest absolute Gasteiger partial charge is 0.337 e. The lowest BCUT2D eigenvalue weighted by Crippen LogP contribution is -2.07. The number of hydrogen-bond acceptors (Lipinski definition) is 6. The summed E-state index contributed by atoms with van der Waals surface area (Å²) >= 11 is 1.23. The number of rotatable bonds is 5. The molecule has 0 spiro atoms. The van der Waals surface area contributed by atoms with Crippen LogP contribution < -0.4 is 5.73 Å². The van der Waals surface area contributed by atoms with Crippen LogP contribution in [-0.4, -0.2) is 31.4 Å². The summed E-state index contributed by atoms with van der Waals surface area (Å²) in [5, 5.41) is 0. The number of methoxy groups -OCH3 is 1. The summed E-state index contributed by atoms with van der Waals surface area (Å²) in [6.45, 7) is 2.09. The first-order valence-electron chi connectivity index (χ1n) is 5.34. The molecule has 0 heterocycles. The number of ether oxygens (including phenoxy) is 2. The molecule has 6 heteroatoms. The zero-order valence-electron chi connectivity index (χ0n) is 10.3. The van der Waals surface area contributed by atoms with Gasteiger partial charge >= 0.3 is 11.9 Å². The molecule has 0 aliphatic heterocycles. The molecule has 0 unspecified atom stereocenters. The lowest BCUT2D eigenvalue weighted by Gasteiger charge is -2.07. The molecular weight excluding hydrogens is 254 g/mol. The first kappa shape index (κ1) is 14.4. The third-order valence-electron chi connectivity index (χ3n) is 2.09. The standard InChI is InChI=1S/C12H15NO4S/c1-3-17-11(14)7-18-10-6-8(12(15)16-2)4-5-9(10)13/h4-6H,3,7,13H2,1-2H3. The molecule has 1 aromatic carbocycles. The molecule has 1 rings (SSSR count). The third-order valence-corrected chi connectivity index (χ3v) is 3.13. The van der Waals surface area contributed by atoms with E-state index in [0.717, 1.165) is 0 Å². The van der Waals surface area contributed by atoms with Gasteiger partial charge in [-0.05, 0) is 25.1 Å². The number of benzene rings is 1. The molecule has 0 amide bonds. The molecule has 1 aromatic rings. The van der Waals surface area contributed by atoms with Crippen molar-refractivity contribution in [1.82, 2.24) is 0 Å². The van der Waals surface area contributed by atoms with Gasteiger partial charge in [0, 0.05) is 10.6 Å². The SMILES string of the molecule is CCOC(=O)CSc1cc(C(=O)OC)ccc1N. The Bertz CT molecular complexity index is 448. The molecule has 5 nitrogen and oxygen atoms in total. The van der Waals surface area contributed by atoms with Gasteiger partial charge in [0.05, 0.1) is 25.0 Å². The van der Waals surface area contributed by atoms with Gasteiger partial charge in [-0.3, -0.25) is 4.79 Å². The summed E-state index contributed by atoms with van der Waals surface area (Å²) in [5.74, 6) is -0.596. The second-order valence-corrected chi connectivity index (χ2v) is 4.36. The van der Waals surface area contributed by atoms with Crippen LogP contribution in [-0.2, 0) is 14.3 Å². The van der Waals surface area contributed by atoms with Crippen molar-refractivity contribution in [2.75, 3.05) is 25.2 Å². The van der Waals surface area contributed by atoms with Gasteiger partial charge in [-0.25, -0.2) is 4.79 Å². The number of anilines is 1. The van der Waals surface area contributed by atoms with Crippen molar-refractivity contribution in [3.05, 3.63) is 23.8 Å². The quantitative estimate of drug-likeness (QED) is 0.498. The largest absolute Gasteiger partial charge is 0.465 e. The van der Waals surface area contributed by atoms with Gasteiger partial charge in [0.1, 0.15) is 0 Å². The fourth-order valence-electron chi connectivity index (χ4n) is 1.24. The minimum Gasteiger partial charge on any atom is -0.465 e. The monoisotopic (exact) mass is 269 g/mol. The molecule has 2 N–H and O–H groups in total. The minimum absolute atomic E-state index is 0.155. The summed E-state index contributed by atoms with van der Waals surface area (Å²) in [6.07, 6.45) is 0. The van der Waals surface area contributed by atoms with E-state index < -0.39 is 5.97 Å². The Labute approximate surface area is 110 Å². The van der Waals surface area contributed by atoms with Crippen LogP contribution >= 0.6 is 11.8 Å². The molecule has 0 aliphatic rings. The van der Waals surface area contributed by atoms with Crippen LogP contribution in [0.1, 0.15) is 17.3 Å². The maximum Gasteiger partial charge on any atom is 0.337 e. The van der Waals surface area contributed by atoms with E-state index >= 15 is 0 Å². The highest BCUT2D eigenvalue weighted by Gasteiger charge is 2.10. The summed E-state index contributed by atoms with van der Waals surface area (Å²) in [7, 11) is 1.31. The second kappa shape index (κ2) is 6.90. The van der Waals surface area contributed by atoms with Gasteiger partial charge in [-0.2, -0.15) is 0 Å². The van der Waals surface area contributed by atoms with Crippen LogP contribution in [0.15, 0.2) is 23.1 Å². The number of nitrogen functional groups attached to an aromatic ring is 1. The van der Waals surface area contributed by atoms with E-state index in [2.05, 4.69) is 4.74 Å². The molecule has 18 heavy (non-hydrogen) atoms. The van der Waals surface area contributed by atoms with Crippen LogP contribution in [0.5, 0.6) is 0 Å². The van der Waals surface area contributed by atoms with Gasteiger partial charge < -0.3 is 15.2 Å². The molecule has 98 valence electrons. The van der Waals surface area contributed by atoms with Gasteiger partial charge in [0.2, 0.25) is 0 Å². The molecule has 0 bridgehead atoms. The Morgan fingerprint density at radius 2 is 2.11 bits per heavy atom. The van der Waals surface area contributed by atoms with Gasteiger partial charge in [0.25, 0.3) is 0 Å². The predicted octanol–water partition coefficient (Wildman–Crippen LogP) is 1.71. The second-order valence-electron chi connectivity index (χ2n) is 3.34. The van der Waals surface area contributed by atoms with Crippen LogP contribution in [0.2, 0.25) is 0 Å². The molecule has 0 saturated heterocycles. The van der Waals surface area contributed by atoms with Crippen molar-refractivity contribution in [3.8, 4) is 0 Å². The van der Waals surface area contributed by atoms with Crippen LogP contribution in [0, 0.1) is 0 Å². The summed E-state index contributed by atoms with van der Waals surface area (Å²) in [4.78, 5) is 23.2. The predicted molar refractivity (Wildman–Crippen MR) is 69.6 cm³/mol. The lowest BCUT2D eigenvalue weighted by molar-refractivity contribution is -0.139. The molecule has 0 aliphatic carbocycles. The number of hydrogen-bond donors (Lipinski definition) is 1. The highest BCUT2D eigenvalue weighted by Crippen LogP contribution is 2.26. The van der Waals surface area contributed by atoms with Crippen molar-refractivity contribution in [2.45, 2.75) is 11.8 Å². The van der Waals surface area contributed by atoms with Gasteiger partial charge in [-0.15, -0.1) is 11.8 Å². The number of carbonyl (C=O) groups excluding carboxylic acids is 2. The highest BCUT2D eigenvalue weighted by molar-refractivity contribution is 8.00. The first-order chi connectivity index (χ1) is 8.58. The maximum atomic E-state index is 11.4. The number of esters is 2. The van der Waals surface area contributed by atoms with E-state index in [4.69, 9.17) is 10.5 Å². The van der Waals surface area contributed by atoms with Crippen molar-refractivity contribution in [2.24, 2.45) is 0 Å². The Morgan fingerprint density at radius 3 is 2.72 bits per heavy atom. The molecule has 0 aromatic heterocycles. The molecule has 0 fully saturated rings. The van der Waals surface area contributed by atoms with E-state index in [1.165, 1.54) is 18.9 Å². The van der Waals surface area contributed by atoms with Crippen molar-refractivity contribution >= 4 is 29.4 Å². The van der Waals surface area contributed by atoms with Crippen LogP contribution in [0.4, 0.5) is 5.69 Å². The summed E-state index contributed by atoms with van der Waals surface area (Å²) in [5.41, 5.74) is 6.68. The highest BCUT2D eigenvalue weighted by atomic mass is 32.2. The van der Waals surface area contributed by atoms with Gasteiger partial charge in [-0.1, -0.05) is 0 Å². The van der Waals surface area contributed by atoms with Crippen LogP contribution in [0.3, 0.4) is 0 Å². The van der Waals surface area contributed by atoms with Crippen molar-refractivity contribution in [1.29, 1.82) is 0 Å². The van der Waals surface area contributed by atoms with E-state index in [0.29, 0.717) is 22.8 Å². The average Bonchev–Trinajstić information content (AvgIpc) is 2.37. The zero-order chi connectivity index (χ0) is 13.5. The Kier molecular flexibility index (Phi) is 5.51. The van der Waals surface area contributed by atoms with E-state index in [-0.39, 0.29) is 11.7 Å². The van der Waals surface area contributed by atoms with E-state index in [1.807, 2.05) is 0 Å². The lowest BCUT2D eigenvalue weighted by atomic mass is 10.2. The average molecular weight is 269 g/mol. The van der Waals surface area contributed by atoms with Crippen molar-refractivity contribution in [3.63, 3.8) is 0 Å². The Morgan fingerprint density at radius 1 is 1.39 bits per heavy atom. The number of carbonyl (C=O) groups is 2. The van der Waals surface area contributed by atoms with Crippen molar-refractivity contribution < 1.29 is 19.1 Å². The Balaban J connectivity index is 2.75. The minimum atomic E-state index is -0.437. The van der Waals surface area contributed by atoms with Crippen LogP contribution in [0.25, 0.3) is 0 Å². The molecule has 0 atom stereocenters. The summed E-state index contributed by atoms with van der Waals surface area (Å²) < 4.78 is 9.42. The Hall–Kier alpha value is -1.69. The topological polar surface area (TPSA) is 78.6 Å². The maximum absolute atomic E-state index is 11.4. The fourth-order valence-corrected chi connectivity index (χ4v) is 2.05. The van der Waals surface area contributed by atoms with Gasteiger partial charge in [0.15, 0.2) is 0 Å². The summed E-state index contributed by atoms with van der Waals surface area (Å²) in [6, 6.07) is 4.79. The molecule has 0 saturated carbocycles. The number of nitrogens with two attached hydrogens (primary N) is 1. The van der Waals surface area contributed by atoms with E-state index in [9.17, 15) is 9.59 Å². The fraction of sp³-hybridized carbons (Fsp3) is 0.333. The molecule has 0 radical (unpaired) electrons. The normalized spacial score (nSPS) is 9.89. The first-order valence-corrected chi connectivity index (χ1v) is 6.33.